The summed E-state index contributed by atoms with van der Waals surface area (Å²) in [4.78, 5) is 26.3. The molecular formula is C23H35N3O4. The van der Waals surface area contributed by atoms with Gasteiger partial charge in [0.1, 0.15) is 12.4 Å². The van der Waals surface area contributed by atoms with Gasteiger partial charge in [-0.05, 0) is 37.1 Å². The van der Waals surface area contributed by atoms with Gasteiger partial charge in [0, 0.05) is 32.1 Å². The minimum Gasteiger partial charge on any atom is -0.454 e. The highest BCUT2D eigenvalue weighted by Gasteiger charge is 2.16. The van der Waals surface area contributed by atoms with Crippen LogP contribution in [0.15, 0.2) is 34.9 Å². The van der Waals surface area contributed by atoms with E-state index < -0.39 is 0 Å². The number of methoxy groups -OCH3 is 1. The van der Waals surface area contributed by atoms with Gasteiger partial charge in [0.25, 0.3) is 5.91 Å². The lowest BCUT2D eigenvalue weighted by molar-refractivity contribution is -0.135. The van der Waals surface area contributed by atoms with Crippen LogP contribution in [0.1, 0.15) is 68.0 Å². The lowest BCUT2D eigenvalue weighted by Gasteiger charge is -2.22. The number of carbonyl (C=O) groups is 2. The van der Waals surface area contributed by atoms with E-state index in [9.17, 15) is 9.59 Å². The van der Waals surface area contributed by atoms with Gasteiger partial charge in [-0.25, -0.2) is 0 Å². The SMILES string of the molecule is CCCCCCNC(=O)c1ccc(Cn2cccc2CN(CCC)C(=O)COC)o1. The van der Waals surface area contributed by atoms with Crippen molar-refractivity contribution >= 4 is 11.8 Å². The lowest BCUT2D eigenvalue weighted by Crippen LogP contribution is -2.34. The molecule has 0 spiro atoms. The van der Waals surface area contributed by atoms with E-state index in [0.717, 1.165) is 25.0 Å². The van der Waals surface area contributed by atoms with E-state index in [1.54, 1.807) is 11.0 Å². The van der Waals surface area contributed by atoms with Gasteiger partial charge in [0.05, 0.1) is 13.1 Å². The number of furan rings is 1. The van der Waals surface area contributed by atoms with Crippen LogP contribution in [0.5, 0.6) is 0 Å². The predicted octanol–water partition coefficient (Wildman–Crippen LogP) is 3.82. The Morgan fingerprint density at radius 1 is 1.13 bits per heavy atom. The van der Waals surface area contributed by atoms with Gasteiger partial charge in [-0.2, -0.15) is 0 Å². The molecule has 0 atom stereocenters. The Morgan fingerprint density at radius 2 is 1.97 bits per heavy atom. The Bertz CT molecular complexity index is 781. The second-order valence-corrected chi connectivity index (χ2v) is 7.46. The molecule has 2 rings (SSSR count). The Labute approximate surface area is 179 Å². The number of unbranched alkanes of at least 4 members (excludes halogenated alkanes) is 3. The summed E-state index contributed by atoms with van der Waals surface area (Å²) in [6.07, 6.45) is 7.30. The highest BCUT2D eigenvalue weighted by atomic mass is 16.5. The molecule has 0 saturated carbocycles. The first kappa shape index (κ1) is 23.7. The third-order valence-corrected chi connectivity index (χ3v) is 4.92. The molecule has 2 amide bonds. The number of hydrogen-bond donors (Lipinski definition) is 1. The highest BCUT2D eigenvalue weighted by molar-refractivity contribution is 5.91. The quantitative estimate of drug-likeness (QED) is 0.474. The van der Waals surface area contributed by atoms with E-state index in [2.05, 4.69) is 12.2 Å². The highest BCUT2D eigenvalue weighted by Crippen LogP contribution is 2.14. The largest absolute Gasteiger partial charge is 0.454 e. The minimum absolute atomic E-state index is 0.0250. The number of rotatable bonds is 14. The normalized spacial score (nSPS) is 10.9. The van der Waals surface area contributed by atoms with Crippen molar-refractivity contribution in [2.45, 2.75) is 59.0 Å². The zero-order valence-corrected chi connectivity index (χ0v) is 18.5. The minimum atomic E-state index is -0.176. The van der Waals surface area contributed by atoms with Crippen LogP contribution in [0, 0.1) is 0 Å². The number of aromatic nitrogens is 1. The van der Waals surface area contributed by atoms with Gasteiger partial charge >= 0.3 is 0 Å². The maximum Gasteiger partial charge on any atom is 0.286 e. The zero-order chi connectivity index (χ0) is 21.8. The number of amides is 2. The molecule has 2 heterocycles. The molecule has 2 aromatic heterocycles. The van der Waals surface area contributed by atoms with Crippen molar-refractivity contribution in [1.29, 1.82) is 0 Å². The fourth-order valence-corrected chi connectivity index (χ4v) is 3.31. The molecule has 0 aliphatic carbocycles. The molecule has 0 saturated heterocycles. The second-order valence-electron chi connectivity index (χ2n) is 7.46. The lowest BCUT2D eigenvalue weighted by atomic mass is 10.2. The van der Waals surface area contributed by atoms with E-state index in [-0.39, 0.29) is 18.4 Å². The van der Waals surface area contributed by atoms with Crippen LogP contribution in [0.3, 0.4) is 0 Å². The van der Waals surface area contributed by atoms with Crippen molar-refractivity contribution in [3.8, 4) is 0 Å². The van der Waals surface area contributed by atoms with Crippen LogP contribution in [-0.4, -0.2) is 48.1 Å². The summed E-state index contributed by atoms with van der Waals surface area (Å²) in [6, 6.07) is 7.49. The van der Waals surface area contributed by atoms with Crippen molar-refractivity contribution in [2.75, 3.05) is 26.8 Å². The molecular weight excluding hydrogens is 382 g/mol. The number of hydrogen-bond acceptors (Lipinski definition) is 4. The van der Waals surface area contributed by atoms with Crippen LogP contribution in [0.2, 0.25) is 0 Å². The number of ether oxygens (including phenoxy) is 1. The van der Waals surface area contributed by atoms with Gasteiger partial charge < -0.3 is 23.9 Å². The van der Waals surface area contributed by atoms with Crippen LogP contribution < -0.4 is 5.32 Å². The van der Waals surface area contributed by atoms with E-state index in [0.29, 0.717) is 37.7 Å². The molecule has 7 nitrogen and oxygen atoms in total. The first-order valence-electron chi connectivity index (χ1n) is 10.9. The topological polar surface area (TPSA) is 76.7 Å². The number of nitrogens with zero attached hydrogens (tertiary/aromatic N) is 2. The summed E-state index contributed by atoms with van der Waals surface area (Å²) in [6.45, 7) is 6.65. The van der Waals surface area contributed by atoms with Crippen LogP contribution in [-0.2, 0) is 22.6 Å². The summed E-state index contributed by atoms with van der Waals surface area (Å²) >= 11 is 0. The monoisotopic (exact) mass is 417 g/mol. The Balaban J connectivity index is 1.94. The summed E-state index contributed by atoms with van der Waals surface area (Å²) in [5, 5.41) is 2.91. The Kier molecular flexibility index (Phi) is 10.2. The number of nitrogens with one attached hydrogen (secondary N) is 1. The fraction of sp³-hybridized carbons (Fsp3) is 0.565. The van der Waals surface area contributed by atoms with Crippen molar-refractivity contribution in [3.63, 3.8) is 0 Å². The average Bonchev–Trinajstić information content (AvgIpc) is 3.37. The molecule has 0 radical (unpaired) electrons. The Hall–Kier alpha value is -2.54. The van der Waals surface area contributed by atoms with Crippen LogP contribution in [0.4, 0.5) is 0 Å². The predicted molar refractivity (Wildman–Crippen MR) is 116 cm³/mol. The van der Waals surface area contributed by atoms with Crippen molar-refractivity contribution in [3.05, 3.63) is 47.7 Å². The van der Waals surface area contributed by atoms with E-state index >= 15 is 0 Å². The summed E-state index contributed by atoms with van der Waals surface area (Å²) in [7, 11) is 1.53. The maximum atomic E-state index is 12.3. The fourth-order valence-electron chi connectivity index (χ4n) is 3.31. The molecule has 1 N–H and O–H groups in total. The van der Waals surface area contributed by atoms with Crippen molar-refractivity contribution in [1.82, 2.24) is 14.8 Å². The van der Waals surface area contributed by atoms with Gasteiger partial charge in [-0.3, -0.25) is 9.59 Å². The molecule has 166 valence electrons. The summed E-state index contributed by atoms with van der Waals surface area (Å²) in [5.41, 5.74) is 1.01. The summed E-state index contributed by atoms with van der Waals surface area (Å²) in [5.74, 6) is 0.832. The van der Waals surface area contributed by atoms with E-state index in [4.69, 9.17) is 9.15 Å². The first-order valence-corrected chi connectivity index (χ1v) is 10.9. The molecule has 30 heavy (non-hydrogen) atoms. The molecule has 7 heteroatoms. The van der Waals surface area contributed by atoms with Crippen molar-refractivity contribution in [2.24, 2.45) is 0 Å². The molecule has 0 bridgehead atoms. The average molecular weight is 418 g/mol. The first-order chi connectivity index (χ1) is 14.6. The van der Waals surface area contributed by atoms with Crippen LogP contribution >= 0.6 is 0 Å². The zero-order valence-electron chi connectivity index (χ0n) is 18.5. The van der Waals surface area contributed by atoms with E-state index in [1.807, 2.05) is 35.9 Å². The second kappa shape index (κ2) is 12.9. The van der Waals surface area contributed by atoms with Gasteiger partial charge in [-0.1, -0.05) is 33.1 Å². The molecule has 2 aromatic rings. The Morgan fingerprint density at radius 3 is 2.70 bits per heavy atom. The summed E-state index contributed by atoms with van der Waals surface area (Å²) < 4.78 is 12.8. The molecule has 0 aliphatic rings. The van der Waals surface area contributed by atoms with E-state index in [1.165, 1.54) is 20.0 Å². The number of carbonyl (C=O) groups excluding carboxylic acids is 2. The van der Waals surface area contributed by atoms with Crippen LogP contribution in [0.25, 0.3) is 0 Å². The maximum absolute atomic E-state index is 12.3. The molecule has 0 aliphatic heterocycles. The van der Waals surface area contributed by atoms with Gasteiger partial charge in [0.2, 0.25) is 5.91 Å². The standard InChI is InChI=1S/C23H35N3O4/c1-4-6-7-8-13-24-23(28)21-12-11-20(30-21)17-25-15-9-10-19(25)16-26(14-5-2)22(27)18-29-3/h9-12,15H,4-8,13-14,16-18H2,1-3H3,(H,24,28). The molecule has 0 unspecified atom stereocenters. The molecule has 0 aromatic carbocycles. The smallest absolute Gasteiger partial charge is 0.286 e. The van der Waals surface area contributed by atoms with Crippen molar-refractivity contribution < 1.29 is 18.7 Å². The molecule has 0 fully saturated rings. The van der Waals surface area contributed by atoms with Gasteiger partial charge in [-0.15, -0.1) is 0 Å². The third-order valence-electron chi connectivity index (χ3n) is 4.92. The third kappa shape index (κ3) is 7.37. The van der Waals surface area contributed by atoms with Gasteiger partial charge in [0.15, 0.2) is 5.76 Å².